The maximum Gasteiger partial charge on any atom is 0.228 e. The van der Waals surface area contributed by atoms with E-state index in [1.807, 2.05) is 6.07 Å². The molecule has 88 valence electrons. The van der Waals surface area contributed by atoms with Crippen molar-refractivity contribution in [3.8, 4) is 17.2 Å². The molecule has 0 radical (unpaired) electrons. The van der Waals surface area contributed by atoms with Crippen LogP contribution in [-0.2, 0) is 6.42 Å². The fourth-order valence-corrected chi connectivity index (χ4v) is 1.43. The van der Waals surface area contributed by atoms with E-state index in [4.69, 9.17) is 14.2 Å². The summed E-state index contributed by atoms with van der Waals surface area (Å²) in [6.07, 6.45) is 2.41. The molecule has 0 amide bonds. The van der Waals surface area contributed by atoms with Crippen LogP contribution in [0.25, 0.3) is 0 Å². The summed E-state index contributed by atoms with van der Waals surface area (Å²) in [7, 11) is 3.00. The van der Waals surface area contributed by atoms with Crippen molar-refractivity contribution in [2.24, 2.45) is 0 Å². The predicted octanol–water partition coefficient (Wildman–Crippen LogP) is 2.74. The number of alkyl halides is 1. The minimum atomic E-state index is -0.906. The summed E-state index contributed by atoms with van der Waals surface area (Å²) in [5.74, 6) is 1.25. The third-order valence-electron chi connectivity index (χ3n) is 2.09. The molecule has 0 fully saturated rings. The maximum atomic E-state index is 12.2. The first-order valence-corrected chi connectivity index (χ1v) is 4.81. The Balaban J connectivity index is 3.19. The minimum Gasteiger partial charge on any atom is -0.493 e. The fraction of sp³-hybridized carbons (Fsp3) is 0.333. The first-order valence-electron chi connectivity index (χ1n) is 4.81. The van der Waals surface area contributed by atoms with E-state index in [1.165, 1.54) is 14.2 Å². The zero-order valence-corrected chi connectivity index (χ0v) is 9.46. The molecule has 0 spiro atoms. The van der Waals surface area contributed by atoms with Crippen LogP contribution in [0.4, 0.5) is 4.39 Å². The van der Waals surface area contributed by atoms with Crippen LogP contribution in [-0.4, -0.2) is 21.1 Å². The molecule has 0 atom stereocenters. The third kappa shape index (κ3) is 2.66. The summed E-state index contributed by atoms with van der Waals surface area (Å²) >= 11 is 0. The Labute approximate surface area is 94.4 Å². The van der Waals surface area contributed by atoms with Crippen LogP contribution in [0.3, 0.4) is 0 Å². The van der Waals surface area contributed by atoms with Gasteiger partial charge in [-0.25, -0.2) is 4.39 Å². The molecule has 3 nitrogen and oxygen atoms in total. The quantitative estimate of drug-likeness (QED) is 0.698. The molecule has 0 saturated heterocycles. The van der Waals surface area contributed by atoms with Gasteiger partial charge in [-0.3, -0.25) is 0 Å². The zero-order chi connectivity index (χ0) is 12.0. The summed E-state index contributed by atoms with van der Waals surface area (Å²) < 4.78 is 27.3. The number of ether oxygens (including phenoxy) is 3. The molecule has 0 aliphatic heterocycles. The van der Waals surface area contributed by atoms with E-state index in [1.54, 1.807) is 12.1 Å². The van der Waals surface area contributed by atoms with Crippen LogP contribution in [0.1, 0.15) is 5.56 Å². The number of rotatable bonds is 6. The second kappa shape index (κ2) is 6.00. The average Bonchev–Trinajstić information content (AvgIpc) is 2.29. The Morgan fingerprint density at radius 1 is 1.25 bits per heavy atom. The van der Waals surface area contributed by atoms with E-state index in [0.29, 0.717) is 23.7 Å². The van der Waals surface area contributed by atoms with Crippen molar-refractivity contribution in [2.45, 2.75) is 6.42 Å². The van der Waals surface area contributed by atoms with E-state index < -0.39 is 6.86 Å². The standard InChI is InChI=1S/C12H15FO3/c1-4-5-9-6-10(14-2)12(15-3)11(7-9)16-8-13/h4,6-7H,1,5,8H2,2-3H3. The highest BCUT2D eigenvalue weighted by atomic mass is 19.1. The highest BCUT2D eigenvalue weighted by Crippen LogP contribution is 2.38. The highest BCUT2D eigenvalue weighted by molar-refractivity contribution is 5.54. The van der Waals surface area contributed by atoms with Crippen LogP contribution >= 0.6 is 0 Å². The van der Waals surface area contributed by atoms with Gasteiger partial charge in [0, 0.05) is 0 Å². The van der Waals surface area contributed by atoms with Gasteiger partial charge in [0.25, 0.3) is 0 Å². The van der Waals surface area contributed by atoms with Crippen molar-refractivity contribution >= 4 is 0 Å². The summed E-state index contributed by atoms with van der Waals surface area (Å²) in [5, 5.41) is 0. The second-order valence-corrected chi connectivity index (χ2v) is 3.08. The maximum absolute atomic E-state index is 12.2. The smallest absolute Gasteiger partial charge is 0.228 e. The van der Waals surface area contributed by atoms with Gasteiger partial charge >= 0.3 is 0 Å². The summed E-state index contributed by atoms with van der Waals surface area (Å²) in [5.41, 5.74) is 0.927. The Morgan fingerprint density at radius 3 is 2.44 bits per heavy atom. The molecule has 0 aliphatic carbocycles. The van der Waals surface area contributed by atoms with E-state index in [2.05, 4.69) is 6.58 Å². The first kappa shape index (κ1) is 12.4. The topological polar surface area (TPSA) is 27.7 Å². The van der Waals surface area contributed by atoms with E-state index in [0.717, 1.165) is 5.56 Å². The van der Waals surface area contributed by atoms with E-state index in [-0.39, 0.29) is 0 Å². The highest BCUT2D eigenvalue weighted by Gasteiger charge is 2.13. The van der Waals surface area contributed by atoms with Crippen LogP contribution in [0.5, 0.6) is 17.2 Å². The van der Waals surface area contributed by atoms with Crippen molar-refractivity contribution in [1.82, 2.24) is 0 Å². The van der Waals surface area contributed by atoms with E-state index >= 15 is 0 Å². The van der Waals surface area contributed by atoms with Crippen molar-refractivity contribution in [3.05, 3.63) is 30.4 Å². The number of hydrogen-bond donors (Lipinski definition) is 0. The van der Waals surface area contributed by atoms with Crippen LogP contribution in [0.2, 0.25) is 0 Å². The van der Waals surface area contributed by atoms with Gasteiger partial charge in [0.1, 0.15) is 0 Å². The molecule has 0 bridgehead atoms. The lowest BCUT2D eigenvalue weighted by molar-refractivity contribution is 0.183. The SMILES string of the molecule is C=CCc1cc(OC)c(OC)c(OCF)c1. The molecule has 0 aliphatic rings. The summed E-state index contributed by atoms with van der Waals surface area (Å²) in [6.45, 7) is 2.74. The normalized spacial score (nSPS) is 9.69. The van der Waals surface area contributed by atoms with E-state index in [9.17, 15) is 4.39 Å². The minimum absolute atomic E-state index is 0.334. The van der Waals surface area contributed by atoms with Gasteiger partial charge in [-0.2, -0.15) is 0 Å². The average molecular weight is 226 g/mol. The van der Waals surface area contributed by atoms with Crippen LogP contribution < -0.4 is 14.2 Å². The molecule has 0 heterocycles. The number of halogens is 1. The molecule has 0 unspecified atom stereocenters. The number of methoxy groups -OCH3 is 2. The van der Waals surface area contributed by atoms with Gasteiger partial charge in [0.15, 0.2) is 11.5 Å². The molecule has 1 aromatic rings. The largest absolute Gasteiger partial charge is 0.493 e. The lowest BCUT2D eigenvalue weighted by atomic mass is 10.1. The number of benzene rings is 1. The lowest BCUT2D eigenvalue weighted by Gasteiger charge is -2.13. The molecule has 0 aromatic heterocycles. The van der Waals surface area contributed by atoms with Gasteiger partial charge in [0.2, 0.25) is 12.6 Å². The van der Waals surface area contributed by atoms with Gasteiger partial charge in [0.05, 0.1) is 14.2 Å². The molecule has 0 saturated carbocycles. The van der Waals surface area contributed by atoms with Gasteiger partial charge < -0.3 is 14.2 Å². The third-order valence-corrected chi connectivity index (χ3v) is 2.09. The molecule has 1 rings (SSSR count). The Kier molecular flexibility index (Phi) is 4.64. The molecule has 16 heavy (non-hydrogen) atoms. The molecule has 1 aromatic carbocycles. The monoisotopic (exact) mass is 226 g/mol. The van der Waals surface area contributed by atoms with Crippen LogP contribution in [0.15, 0.2) is 24.8 Å². The number of allylic oxidation sites excluding steroid dienone is 1. The second-order valence-electron chi connectivity index (χ2n) is 3.08. The summed E-state index contributed by atoms with van der Waals surface area (Å²) in [6, 6.07) is 3.52. The number of hydrogen-bond acceptors (Lipinski definition) is 3. The molecule has 0 N–H and O–H groups in total. The Morgan fingerprint density at radius 2 is 1.94 bits per heavy atom. The molecule has 4 heteroatoms. The Bertz CT molecular complexity index is 364. The fourth-order valence-electron chi connectivity index (χ4n) is 1.43. The zero-order valence-electron chi connectivity index (χ0n) is 9.46. The van der Waals surface area contributed by atoms with Crippen molar-refractivity contribution in [3.63, 3.8) is 0 Å². The molecular formula is C12H15FO3. The van der Waals surface area contributed by atoms with Crippen molar-refractivity contribution < 1.29 is 18.6 Å². The van der Waals surface area contributed by atoms with Crippen molar-refractivity contribution in [1.29, 1.82) is 0 Å². The van der Waals surface area contributed by atoms with Crippen LogP contribution in [0, 0.1) is 0 Å². The lowest BCUT2D eigenvalue weighted by Crippen LogP contribution is -1.98. The Hall–Kier alpha value is -1.71. The van der Waals surface area contributed by atoms with Gasteiger partial charge in [-0.15, -0.1) is 6.58 Å². The van der Waals surface area contributed by atoms with Gasteiger partial charge in [-0.1, -0.05) is 6.08 Å². The predicted molar refractivity (Wildman–Crippen MR) is 60.1 cm³/mol. The summed E-state index contributed by atoms with van der Waals surface area (Å²) in [4.78, 5) is 0. The van der Waals surface area contributed by atoms with Gasteiger partial charge in [-0.05, 0) is 24.1 Å². The van der Waals surface area contributed by atoms with Crippen molar-refractivity contribution in [2.75, 3.05) is 21.1 Å². The first-order chi connectivity index (χ1) is 7.76. The molecular weight excluding hydrogens is 211 g/mol.